The minimum Gasteiger partial charge on any atom is -0.497 e. The molecule has 1 aromatic carbocycles. The van der Waals surface area contributed by atoms with Gasteiger partial charge in [-0.25, -0.2) is 0 Å². The van der Waals surface area contributed by atoms with Gasteiger partial charge in [-0.15, -0.1) is 0 Å². The van der Waals surface area contributed by atoms with Gasteiger partial charge in [-0.2, -0.15) is 0 Å². The summed E-state index contributed by atoms with van der Waals surface area (Å²) < 4.78 is 10.4. The van der Waals surface area contributed by atoms with E-state index in [-0.39, 0.29) is 0 Å². The molecule has 0 saturated carbocycles. The summed E-state index contributed by atoms with van der Waals surface area (Å²) in [5, 5.41) is 0. The Hall–Kier alpha value is -0.700. The Morgan fingerprint density at radius 2 is 1.64 bits per heavy atom. The van der Waals surface area contributed by atoms with Gasteiger partial charge in [-0.05, 0) is 24.1 Å². The van der Waals surface area contributed by atoms with Crippen molar-refractivity contribution in [3.05, 3.63) is 23.8 Å². The first-order valence-corrected chi connectivity index (χ1v) is 5.43. The summed E-state index contributed by atoms with van der Waals surface area (Å²) in [5.41, 5.74) is 1.21. The average molecular weight is 259 g/mol. The van der Waals surface area contributed by atoms with Crippen LogP contribution in [-0.2, 0) is 6.42 Å². The Kier molecular flexibility index (Phi) is 4.26. The van der Waals surface area contributed by atoms with Gasteiger partial charge in [0.2, 0.25) is 0 Å². The van der Waals surface area contributed by atoms with E-state index >= 15 is 0 Å². The molecule has 14 heavy (non-hydrogen) atoms. The summed E-state index contributed by atoms with van der Waals surface area (Å²) in [4.78, 5) is 0.458. The topological polar surface area (TPSA) is 18.5 Å². The van der Waals surface area contributed by atoms with Gasteiger partial charge >= 0.3 is 0 Å². The molecular weight excluding hydrogens is 244 g/mol. The zero-order valence-electron chi connectivity index (χ0n) is 8.71. The Balaban J connectivity index is 2.92. The highest BCUT2D eigenvalue weighted by atomic mass is 79.9. The molecule has 0 saturated heterocycles. The number of benzene rings is 1. The molecule has 78 valence electrons. The van der Waals surface area contributed by atoms with Gasteiger partial charge in [0.25, 0.3) is 0 Å². The standard InChI is InChI=1S/C11H15BrO2/c1-8(12)4-9-5-10(13-2)7-11(6-9)14-3/h5-8H,4H2,1-3H3. The highest BCUT2D eigenvalue weighted by molar-refractivity contribution is 9.09. The smallest absolute Gasteiger partial charge is 0.122 e. The number of methoxy groups -OCH3 is 2. The van der Waals surface area contributed by atoms with Crippen molar-refractivity contribution in [2.75, 3.05) is 14.2 Å². The number of hydrogen-bond donors (Lipinski definition) is 0. The summed E-state index contributed by atoms with van der Waals surface area (Å²) in [6, 6.07) is 5.93. The minimum atomic E-state index is 0.458. The molecule has 0 bridgehead atoms. The van der Waals surface area contributed by atoms with Crippen molar-refractivity contribution in [2.24, 2.45) is 0 Å². The lowest BCUT2D eigenvalue weighted by molar-refractivity contribution is 0.393. The first-order chi connectivity index (χ1) is 6.65. The van der Waals surface area contributed by atoms with Crippen molar-refractivity contribution < 1.29 is 9.47 Å². The lowest BCUT2D eigenvalue weighted by Gasteiger charge is -2.09. The molecule has 2 nitrogen and oxygen atoms in total. The number of rotatable bonds is 4. The Labute approximate surface area is 93.4 Å². The first kappa shape index (κ1) is 11.4. The molecule has 0 spiro atoms. The van der Waals surface area contributed by atoms with Gasteiger partial charge in [-0.1, -0.05) is 22.9 Å². The third-order valence-electron chi connectivity index (χ3n) is 1.93. The fraction of sp³-hybridized carbons (Fsp3) is 0.455. The van der Waals surface area contributed by atoms with Crippen LogP contribution in [0.25, 0.3) is 0 Å². The highest BCUT2D eigenvalue weighted by Crippen LogP contribution is 2.24. The van der Waals surface area contributed by atoms with Gasteiger partial charge < -0.3 is 9.47 Å². The maximum atomic E-state index is 5.18. The summed E-state index contributed by atoms with van der Waals surface area (Å²) in [6.45, 7) is 2.12. The van der Waals surface area contributed by atoms with Gasteiger partial charge in [0.1, 0.15) is 11.5 Å². The Morgan fingerprint density at radius 3 is 2.00 bits per heavy atom. The molecule has 0 amide bonds. The molecule has 1 aromatic rings. The van der Waals surface area contributed by atoms with E-state index in [0.717, 1.165) is 17.9 Å². The number of alkyl halides is 1. The Bertz CT molecular complexity index is 275. The molecule has 1 unspecified atom stereocenters. The van der Waals surface area contributed by atoms with E-state index in [1.165, 1.54) is 5.56 Å². The van der Waals surface area contributed by atoms with Gasteiger partial charge in [-0.3, -0.25) is 0 Å². The predicted octanol–water partition coefficient (Wildman–Crippen LogP) is 3.03. The second-order valence-electron chi connectivity index (χ2n) is 3.21. The second kappa shape index (κ2) is 5.25. The zero-order valence-corrected chi connectivity index (χ0v) is 10.3. The average Bonchev–Trinajstić information content (AvgIpc) is 2.16. The minimum absolute atomic E-state index is 0.458. The molecule has 1 rings (SSSR count). The molecule has 0 N–H and O–H groups in total. The number of halogens is 1. The molecule has 0 aromatic heterocycles. The van der Waals surface area contributed by atoms with E-state index in [1.807, 2.05) is 18.2 Å². The molecule has 0 fully saturated rings. The predicted molar refractivity (Wildman–Crippen MR) is 61.6 cm³/mol. The molecular formula is C11H15BrO2. The van der Waals surface area contributed by atoms with E-state index in [0.29, 0.717) is 4.83 Å². The molecule has 0 aliphatic rings. The van der Waals surface area contributed by atoms with E-state index in [4.69, 9.17) is 9.47 Å². The Morgan fingerprint density at radius 1 is 1.14 bits per heavy atom. The van der Waals surface area contributed by atoms with Crippen molar-refractivity contribution in [1.29, 1.82) is 0 Å². The van der Waals surface area contributed by atoms with E-state index in [9.17, 15) is 0 Å². The fourth-order valence-electron chi connectivity index (χ4n) is 1.31. The van der Waals surface area contributed by atoms with Crippen LogP contribution in [0.4, 0.5) is 0 Å². The quantitative estimate of drug-likeness (QED) is 0.774. The van der Waals surface area contributed by atoms with E-state index in [1.54, 1.807) is 14.2 Å². The molecule has 3 heteroatoms. The van der Waals surface area contributed by atoms with Crippen LogP contribution in [0.15, 0.2) is 18.2 Å². The van der Waals surface area contributed by atoms with Gasteiger partial charge in [0, 0.05) is 10.9 Å². The van der Waals surface area contributed by atoms with Gasteiger partial charge in [0.05, 0.1) is 14.2 Å². The SMILES string of the molecule is COc1cc(CC(C)Br)cc(OC)c1. The lowest BCUT2D eigenvalue weighted by atomic mass is 10.1. The van der Waals surface area contributed by atoms with Crippen LogP contribution in [0.2, 0.25) is 0 Å². The normalized spacial score (nSPS) is 12.3. The number of hydrogen-bond acceptors (Lipinski definition) is 2. The van der Waals surface area contributed by atoms with Crippen LogP contribution >= 0.6 is 15.9 Å². The largest absolute Gasteiger partial charge is 0.497 e. The van der Waals surface area contributed by atoms with E-state index < -0.39 is 0 Å². The zero-order chi connectivity index (χ0) is 10.6. The van der Waals surface area contributed by atoms with Crippen LogP contribution in [-0.4, -0.2) is 19.0 Å². The van der Waals surface area contributed by atoms with Crippen molar-refractivity contribution >= 4 is 15.9 Å². The van der Waals surface area contributed by atoms with Crippen LogP contribution < -0.4 is 9.47 Å². The summed E-state index contributed by atoms with van der Waals surface area (Å²) in [5.74, 6) is 1.68. The van der Waals surface area contributed by atoms with Crippen molar-refractivity contribution in [1.82, 2.24) is 0 Å². The molecule has 0 radical (unpaired) electrons. The maximum Gasteiger partial charge on any atom is 0.122 e. The van der Waals surface area contributed by atoms with Crippen LogP contribution in [0.3, 0.4) is 0 Å². The fourth-order valence-corrected chi connectivity index (χ4v) is 1.68. The lowest BCUT2D eigenvalue weighted by Crippen LogP contribution is -1.98. The van der Waals surface area contributed by atoms with Crippen LogP contribution in [0, 0.1) is 0 Å². The van der Waals surface area contributed by atoms with E-state index in [2.05, 4.69) is 22.9 Å². The van der Waals surface area contributed by atoms with Crippen LogP contribution in [0.5, 0.6) is 11.5 Å². The summed E-state index contributed by atoms with van der Waals surface area (Å²) >= 11 is 3.52. The summed E-state index contributed by atoms with van der Waals surface area (Å²) in [6.07, 6.45) is 0.966. The summed E-state index contributed by atoms with van der Waals surface area (Å²) in [7, 11) is 3.33. The molecule has 0 aliphatic heterocycles. The molecule has 1 atom stereocenters. The monoisotopic (exact) mass is 258 g/mol. The van der Waals surface area contributed by atoms with Crippen molar-refractivity contribution in [3.63, 3.8) is 0 Å². The highest BCUT2D eigenvalue weighted by Gasteiger charge is 2.04. The third-order valence-corrected chi connectivity index (χ3v) is 2.25. The van der Waals surface area contributed by atoms with Crippen molar-refractivity contribution in [3.8, 4) is 11.5 Å². The van der Waals surface area contributed by atoms with Crippen molar-refractivity contribution in [2.45, 2.75) is 18.2 Å². The second-order valence-corrected chi connectivity index (χ2v) is 4.77. The van der Waals surface area contributed by atoms with Crippen LogP contribution in [0.1, 0.15) is 12.5 Å². The maximum absolute atomic E-state index is 5.18. The number of ether oxygens (including phenoxy) is 2. The molecule has 0 heterocycles. The molecule has 0 aliphatic carbocycles. The first-order valence-electron chi connectivity index (χ1n) is 4.51. The third kappa shape index (κ3) is 3.22. The van der Waals surface area contributed by atoms with Gasteiger partial charge in [0.15, 0.2) is 0 Å².